The van der Waals surface area contributed by atoms with Crippen molar-refractivity contribution in [2.24, 2.45) is 11.3 Å². The molecule has 2 rings (SSSR count). The summed E-state index contributed by atoms with van der Waals surface area (Å²) in [6.45, 7) is 7.42. The van der Waals surface area contributed by atoms with Gasteiger partial charge in [0.25, 0.3) is 0 Å². The van der Waals surface area contributed by atoms with E-state index < -0.39 is 0 Å². The molecule has 2 heteroatoms. The second kappa shape index (κ2) is 7.45. The van der Waals surface area contributed by atoms with Crippen LogP contribution in [0.15, 0.2) is 0 Å². The molecule has 1 heterocycles. The Balaban J connectivity index is 1.99. The summed E-state index contributed by atoms with van der Waals surface area (Å²) in [5, 5.41) is 1.19. The highest BCUT2D eigenvalue weighted by molar-refractivity contribution is 9.09. The lowest BCUT2D eigenvalue weighted by Crippen LogP contribution is -2.43. The molecule has 112 valence electrons. The maximum Gasteiger partial charge on any atom is 0.0124 e. The Labute approximate surface area is 128 Å². The maximum absolute atomic E-state index is 3.84. The van der Waals surface area contributed by atoms with Crippen LogP contribution in [-0.4, -0.2) is 29.4 Å². The van der Waals surface area contributed by atoms with Gasteiger partial charge in [-0.2, -0.15) is 0 Å². The Morgan fingerprint density at radius 2 is 1.74 bits per heavy atom. The molecule has 0 aromatic rings. The molecule has 0 amide bonds. The lowest BCUT2D eigenvalue weighted by molar-refractivity contribution is 0.109. The molecule has 2 unspecified atom stereocenters. The van der Waals surface area contributed by atoms with Crippen LogP contribution in [0.4, 0.5) is 0 Å². The number of hydrogen-bond acceptors (Lipinski definition) is 1. The van der Waals surface area contributed by atoms with Crippen LogP contribution in [0.3, 0.4) is 0 Å². The van der Waals surface area contributed by atoms with Crippen LogP contribution in [0, 0.1) is 11.3 Å². The lowest BCUT2D eigenvalue weighted by atomic mass is 9.79. The zero-order valence-corrected chi connectivity index (χ0v) is 14.6. The van der Waals surface area contributed by atoms with Gasteiger partial charge in [-0.15, -0.1) is 0 Å². The van der Waals surface area contributed by atoms with E-state index in [9.17, 15) is 0 Å². The van der Waals surface area contributed by atoms with Crippen molar-refractivity contribution in [2.75, 3.05) is 18.4 Å². The van der Waals surface area contributed by atoms with E-state index in [1.807, 2.05) is 0 Å². The van der Waals surface area contributed by atoms with E-state index in [0.717, 1.165) is 12.0 Å². The summed E-state index contributed by atoms with van der Waals surface area (Å²) in [7, 11) is 0. The van der Waals surface area contributed by atoms with Gasteiger partial charge in [0.2, 0.25) is 0 Å². The first-order valence-corrected chi connectivity index (χ1v) is 9.67. The number of nitrogens with zero attached hydrogens (tertiary/aromatic N) is 1. The van der Waals surface area contributed by atoms with E-state index in [2.05, 4.69) is 34.7 Å². The molecule has 0 spiro atoms. The fourth-order valence-electron chi connectivity index (χ4n) is 4.65. The number of halogens is 1. The fourth-order valence-corrected chi connectivity index (χ4v) is 5.39. The number of alkyl halides is 1. The molecule has 19 heavy (non-hydrogen) atoms. The minimum Gasteiger partial charge on any atom is -0.300 e. The molecule has 0 aromatic carbocycles. The van der Waals surface area contributed by atoms with Crippen LogP contribution in [0.2, 0.25) is 0 Å². The molecular weight excluding hydrogens is 298 g/mol. The van der Waals surface area contributed by atoms with Crippen molar-refractivity contribution in [3.8, 4) is 0 Å². The Hall–Kier alpha value is 0.440. The quantitative estimate of drug-likeness (QED) is 0.578. The van der Waals surface area contributed by atoms with Crippen molar-refractivity contribution in [3.63, 3.8) is 0 Å². The molecule has 2 aliphatic rings. The zero-order valence-electron chi connectivity index (χ0n) is 13.0. The average molecular weight is 330 g/mol. The van der Waals surface area contributed by atoms with E-state index in [1.165, 1.54) is 76.2 Å². The Bertz CT molecular complexity index is 260. The van der Waals surface area contributed by atoms with Gasteiger partial charge in [-0.25, -0.2) is 0 Å². The highest BCUT2D eigenvalue weighted by Crippen LogP contribution is 2.40. The summed E-state index contributed by atoms with van der Waals surface area (Å²) in [4.78, 5) is 2.87. The van der Waals surface area contributed by atoms with E-state index in [1.54, 1.807) is 0 Å². The van der Waals surface area contributed by atoms with Crippen molar-refractivity contribution in [1.29, 1.82) is 0 Å². The molecule has 1 nitrogen and oxygen atoms in total. The maximum atomic E-state index is 3.84. The second-order valence-corrected chi connectivity index (χ2v) is 7.57. The van der Waals surface area contributed by atoms with Gasteiger partial charge in [-0.3, -0.25) is 4.90 Å². The first kappa shape index (κ1) is 15.8. The normalized spacial score (nSPS) is 28.6. The number of likely N-dealkylation sites (tertiary alicyclic amines) is 1. The first-order chi connectivity index (χ1) is 9.24. The van der Waals surface area contributed by atoms with Crippen molar-refractivity contribution in [1.82, 2.24) is 4.90 Å². The Morgan fingerprint density at radius 3 is 2.37 bits per heavy atom. The van der Waals surface area contributed by atoms with Crippen molar-refractivity contribution in [3.05, 3.63) is 0 Å². The highest BCUT2D eigenvalue weighted by Gasteiger charge is 2.39. The molecule has 1 aliphatic carbocycles. The lowest BCUT2D eigenvalue weighted by Gasteiger charge is -2.40. The van der Waals surface area contributed by atoms with Crippen LogP contribution >= 0.6 is 15.9 Å². The minimum atomic E-state index is 0.538. The van der Waals surface area contributed by atoms with E-state index >= 15 is 0 Å². The average Bonchev–Trinajstić information content (AvgIpc) is 2.83. The highest BCUT2D eigenvalue weighted by atomic mass is 79.9. The summed E-state index contributed by atoms with van der Waals surface area (Å²) in [6.07, 6.45) is 12.8. The molecule has 0 bridgehead atoms. The van der Waals surface area contributed by atoms with Crippen LogP contribution in [-0.2, 0) is 0 Å². The predicted octanol–water partition coefficient (Wildman–Crippen LogP) is 5.23. The Kier molecular flexibility index (Phi) is 6.20. The Morgan fingerprint density at radius 1 is 1.05 bits per heavy atom. The minimum absolute atomic E-state index is 0.538. The topological polar surface area (TPSA) is 3.24 Å². The van der Waals surface area contributed by atoms with Crippen LogP contribution in [0.5, 0.6) is 0 Å². The molecule has 0 radical (unpaired) electrons. The molecule has 1 aliphatic heterocycles. The van der Waals surface area contributed by atoms with Gasteiger partial charge >= 0.3 is 0 Å². The third kappa shape index (κ3) is 3.75. The van der Waals surface area contributed by atoms with Gasteiger partial charge in [0, 0.05) is 17.9 Å². The number of fused-ring (bicyclic) bond motifs is 1. The second-order valence-electron chi connectivity index (χ2n) is 7.00. The van der Waals surface area contributed by atoms with Crippen LogP contribution in [0.1, 0.15) is 71.6 Å². The standard InChI is InChI=1S/C17H32BrN/c1-3-10-17(13-18,11-4-2)14-19-12-9-15-7-5-6-8-16(15)19/h15-16H,3-14H2,1-2H3. The van der Waals surface area contributed by atoms with Gasteiger partial charge < -0.3 is 0 Å². The monoisotopic (exact) mass is 329 g/mol. The van der Waals surface area contributed by atoms with Crippen LogP contribution in [0.25, 0.3) is 0 Å². The smallest absolute Gasteiger partial charge is 0.0124 e. The van der Waals surface area contributed by atoms with E-state index in [-0.39, 0.29) is 0 Å². The van der Waals surface area contributed by atoms with Crippen molar-refractivity contribution in [2.45, 2.75) is 77.7 Å². The first-order valence-electron chi connectivity index (χ1n) is 8.54. The third-order valence-corrected chi connectivity index (χ3v) is 6.70. The SMILES string of the molecule is CCCC(CBr)(CCC)CN1CCC2CCCCC21. The summed E-state index contributed by atoms with van der Waals surface area (Å²) < 4.78 is 0. The number of hydrogen-bond donors (Lipinski definition) is 0. The van der Waals surface area contributed by atoms with Crippen molar-refractivity contribution >= 4 is 15.9 Å². The number of rotatable bonds is 7. The van der Waals surface area contributed by atoms with Crippen LogP contribution < -0.4 is 0 Å². The van der Waals surface area contributed by atoms with Gasteiger partial charge in [-0.1, -0.05) is 55.5 Å². The molecule has 0 N–H and O–H groups in total. The molecule has 1 saturated carbocycles. The van der Waals surface area contributed by atoms with Gasteiger partial charge in [0.15, 0.2) is 0 Å². The van der Waals surface area contributed by atoms with E-state index in [4.69, 9.17) is 0 Å². The predicted molar refractivity (Wildman–Crippen MR) is 88.0 cm³/mol. The molecule has 1 saturated heterocycles. The van der Waals surface area contributed by atoms with Gasteiger partial charge in [-0.05, 0) is 50.0 Å². The zero-order chi connectivity index (χ0) is 13.7. The van der Waals surface area contributed by atoms with Gasteiger partial charge in [0.05, 0.1) is 0 Å². The summed E-state index contributed by atoms with van der Waals surface area (Å²) in [5.41, 5.74) is 0.538. The summed E-state index contributed by atoms with van der Waals surface area (Å²) in [5.74, 6) is 1.03. The molecule has 0 aromatic heterocycles. The largest absolute Gasteiger partial charge is 0.300 e. The van der Waals surface area contributed by atoms with E-state index in [0.29, 0.717) is 5.41 Å². The summed E-state index contributed by atoms with van der Waals surface area (Å²) >= 11 is 3.84. The molecular formula is C17H32BrN. The summed E-state index contributed by atoms with van der Waals surface area (Å²) in [6, 6.07) is 0.931. The third-order valence-electron chi connectivity index (χ3n) is 5.51. The molecule has 2 atom stereocenters. The van der Waals surface area contributed by atoms with Gasteiger partial charge in [0.1, 0.15) is 0 Å². The van der Waals surface area contributed by atoms with Crippen molar-refractivity contribution < 1.29 is 0 Å². The fraction of sp³-hybridized carbons (Fsp3) is 1.00. The molecule has 2 fully saturated rings.